The van der Waals surface area contributed by atoms with E-state index in [0.29, 0.717) is 0 Å². The van der Waals surface area contributed by atoms with Crippen LogP contribution in [0, 0.1) is 0 Å². The Labute approximate surface area is 134 Å². The molecule has 0 saturated heterocycles. The van der Waals surface area contributed by atoms with Gasteiger partial charge in [0.2, 0.25) is 0 Å². The molecule has 0 radical (unpaired) electrons. The lowest BCUT2D eigenvalue weighted by Gasteiger charge is -2.18. The number of carbonyl (C=O) groups excluding carboxylic acids is 1. The van der Waals surface area contributed by atoms with Crippen LogP contribution in [0.1, 0.15) is 20.8 Å². The van der Waals surface area contributed by atoms with E-state index >= 15 is 0 Å². The van der Waals surface area contributed by atoms with Crippen LogP contribution in [-0.4, -0.2) is 31.1 Å². The molecule has 0 fully saturated rings. The van der Waals surface area contributed by atoms with Crippen molar-refractivity contribution in [1.82, 2.24) is 0 Å². The molecule has 6 heteroatoms. The molecule has 0 heterocycles. The van der Waals surface area contributed by atoms with Gasteiger partial charge < -0.3 is 4.74 Å². The zero-order valence-corrected chi connectivity index (χ0v) is 14.6. The van der Waals surface area contributed by atoms with Crippen molar-refractivity contribution in [2.75, 3.05) is 5.75 Å². The summed E-state index contributed by atoms with van der Waals surface area (Å²) in [6.45, 7) is 5.24. The van der Waals surface area contributed by atoms with E-state index in [-0.39, 0.29) is 10.6 Å². The molecule has 0 N–H and O–H groups in total. The number of carbonyl (C=O) groups is 1. The predicted octanol–water partition coefficient (Wildman–Crippen LogP) is 3.12. The lowest BCUT2D eigenvalue weighted by molar-refractivity contribution is -0.141. The lowest BCUT2D eigenvalue weighted by Crippen LogP contribution is -2.30. The van der Waals surface area contributed by atoms with Crippen LogP contribution in [0.5, 0.6) is 0 Å². The lowest BCUT2D eigenvalue weighted by atomic mass is 10.3. The Morgan fingerprint density at radius 3 is 2.38 bits per heavy atom. The highest BCUT2D eigenvalue weighted by Gasteiger charge is 2.25. The first kappa shape index (κ1) is 17.9. The first-order chi connectivity index (χ1) is 9.72. The summed E-state index contributed by atoms with van der Waals surface area (Å²) < 4.78 is 29.6. The quantitative estimate of drug-likeness (QED) is 0.436. The second-order valence-corrected chi connectivity index (χ2v) is 8.18. The largest absolute Gasteiger partial charge is 0.458 e. The van der Waals surface area contributed by atoms with Crippen LogP contribution < -0.4 is 0 Å². The number of sulfone groups is 1. The smallest absolute Gasteiger partial charge is 0.330 e. The molecule has 0 aliphatic heterocycles. The molecular weight excluding hydrogens is 356 g/mol. The van der Waals surface area contributed by atoms with Gasteiger partial charge in [-0.25, -0.2) is 13.2 Å². The molecule has 1 rings (SSSR count). The zero-order chi connectivity index (χ0) is 16.0. The summed E-state index contributed by atoms with van der Waals surface area (Å²) in [6.07, 6.45) is 0.827. The van der Waals surface area contributed by atoms with E-state index in [1.165, 1.54) is 6.08 Å². The van der Waals surface area contributed by atoms with Gasteiger partial charge in [0.05, 0.1) is 15.5 Å². The van der Waals surface area contributed by atoms with Crippen LogP contribution in [0.4, 0.5) is 0 Å². The van der Waals surface area contributed by atoms with Gasteiger partial charge in [0.15, 0.2) is 9.84 Å². The van der Waals surface area contributed by atoms with Gasteiger partial charge in [-0.3, -0.25) is 0 Å². The van der Waals surface area contributed by atoms with Gasteiger partial charge >= 0.3 is 5.97 Å². The van der Waals surface area contributed by atoms with Crippen molar-refractivity contribution in [3.05, 3.63) is 42.0 Å². The van der Waals surface area contributed by atoms with Gasteiger partial charge in [0.25, 0.3) is 0 Å². The van der Waals surface area contributed by atoms with E-state index in [1.54, 1.807) is 51.1 Å². The van der Waals surface area contributed by atoms with E-state index in [0.717, 1.165) is 5.57 Å². The Kier molecular flexibility index (Phi) is 6.61. The van der Waals surface area contributed by atoms with Crippen LogP contribution in [0.25, 0.3) is 0 Å². The standard InChI is InChI=1S/C15H19BrO4S/c1-11(2)9-15(17)20-12(3)14(16)10-21(18,19)13-7-5-4-6-8-13/h4-9,12,14H,10H2,1-3H3/t12-,14+/m1/s1. The Hall–Kier alpha value is -1.14. The number of alkyl halides is 1. The fourth-order valence-corrected chi connectivity index (χ4v) is 4.20. The number of hydrogen-bond donors (Lipinski definition) is 0. The molecule has 2 atom stereocenters. The van der Waals surface area contributed by atoms with E-state index in [4.69, 9.17) is 4.74 Å². The summed E-state index contributed by atoms with van der Waals surface area (Å²) in [4.78, 5) is 11.3. The highest BCUT2D eigenvalue weighted by atomic mass is 79.9. The number of rotatable bonds is 6. The Morgan fingerprint density at radius 2 is 1.86 bits per heavy atom. The number of benzene rings is 1. The topological polar surface area (TPSA) is 60.4 Å². The second-order valence-electron chi connectivity index (χ2n) is 4.97. The maximum absolute atomic E-state index is 12.2. The molecule has 0 spiro atoms. The molecule has 1 aromatic rings. The average molecular weight is 375 g/mol. The molecule has 1 aromatic carbocycles. The minimum absolute atomic E-state index is 0.139. The summed E-state index contributed by atoms with van der Waals surface area (Å²) >= 11 is 3.29. The zero-order valence-electron chi connectivity index (χ0n) is 12.2. The summed E-state index contributed by atoms with van der Waals surface area (Å²) in [5.74, 6) is -0.607. The molecule has 116 valence electrons. The molecule has 0 aliphatic carbocycles. The molecule has 0 aromatic heterocycles. The van der Waals surface area contributed by atoms with Crippen LogP contribution >= 0.6 is 15.9 Å². The summed E-state index contributed by atoms with van der Waals surface area (Å²) in [7, 11) is -3.42. The third-order valence-corrected chi connectivity index (χ3v) is 5.98. The summed E-state index contributed by atoms with van der Waals surface area (Å²) in [6, 6.07) is 8.21. The number of halogens is 1. The van der Waals surface area contributed by atoms with Crippen LogP contribution in [-0.2, 0) is 19.4 Å². The van der Waals surface area contributed by atoms with Gasteiger partial charge in [0, 0.05) is 6.08 Å². The number of hydrogen-bond acceptors (Lipinski definition) is 4. The Morgan fingerprint density at radius 1 is 1.29 bits per heavy atom. The molecule has 0 saturated carbocycles. The maximum atomic E-state index is 12.2. The van der Waals surface area contributed by atoms with E-state index in [2.05, 4.69) is 15.9 Å². The van der Waals surface area contributed by atoms with E-state index in [9.17, 15) is 13.2 Å². The second kappa shape index (κ2) is 7.75. The number of allylic oxidation sites excluding steroid dienone is 1. The van der Waals surface area contributed by atoms with Crippen LogP contribution in [0.3, 0.4) is 0 Å². The first-order valence-electron chi connectivity index (χ1n) is 6.50. The SMILES string of the molecule is CC(C)=CC(=O)O[C@H](C)[C@@H](Br)CS(=O)(=O)c1ccccc1. The molecule has 21 heavy (non-hydrogen) atoms. The van der Waals surface area contributed by atoms with Crippen molar-refractivity contribution < 1.29 is 17.9 Å². The minimum atomic E-state index is -3.42. The van der Waals surface area contributed by atoms with Gasteiger partial charge in [-0.05, 0) is 32.9 Å². The Balaban J connectivity index is 2.70. The fourth-order valence-electron chi connectivity index (χ4n) is 1.60. The minimum Gasteiger partial charge on any atom is -0.458 e. The van der Waals surface area contributed by atoms with Gasteiger partial charge in [-0.2, -0.15) is 0 Å². The molecule has 0 bridgehead atoms. The first-order valence-corrected chi connectivity index (χ1v) is 9.06. The average Bonchev–Trinajstić information content (AvgIpc) is 2.38. The normalized spacial score (nSPS) is 14.1. The molecule has 0 amide bonds. The van der Waals surface area contributed by atoms with Crippen molar-refractivity contribution in [3.8, 4) is 0 Å². The number of esters is 1. The van der Waals surface area contributed by atoms with Gasteiger partial charge in [0.1, 0.15) is 6.10 Å². The van der Waals surface area contributed by atoms with Crippen LogP contribution in [0.15, 0.2) is 46.9 Å². The number of ether oxygens (including phenoxy) is 1. The highest BCUT2D eigenvalue weighted by Crippen LogP contribution is 2.18. The van der Waals surface area contributed by atoms with Crippen molar-refractivity contribution in [3.63, 3.8) is 0 Å². The van der Waals surface area contributed by atoms with Gasteiger partial charge in [-0.15, -0.1) is 0 Å². The molecule has 0 aliphatic rings. The monoisotopic (exact) mass is 374 g/mol. The molecule has 0 unspecified atom stereocenters. The molecular formula is C15H19BrO4S. The predicted molar refractivity (Wildman–Crippen MR) is 86.2 cm³/mol. The Bertz CT molecular complexity index is 604. The third kappa shape index (κ3) is 6.01. The highest BCUT2D eigenvalue weighted by molar-refractivity contribution is 9.09. The third-order valence-electron chi connectivity index (χ3n) is 2.70. The van der Waals surface area contributed by atoms with Crippen molar-refractivity contribution >= 4 is 31.7 Å². The molecule has 4 nitrogen and oxygen atoms in total. The summed E-state index contributed by atoms with van der Waals surface area (Å²) in [5.41, 5.74) is 0.829. The maximum Gasteiger partial charge on any atom is 0.330 e. The van der Waals surface area contributed by atoms with E-state index in [1.807, 2.05) is 0 Å². The fraction of sp³-hybridized carbons (Fsp3) is 0.400. The van der Waals surface area contributed by atoms with Crippen molar-refractivity contribution in [1.29, 1.82) is 0 Å². The summed E-state index contributed by atoms with van der Waals surface area (Å²) in [5, 5.41) is 0. The van der Waals surface area contributed by atoms with Gasteiger partial charge in [-0.1, -0.05) is 39.7 Å². The van der Waals surface area contributed by atoms with E-state index < -0.39 is 26.7 Å². The van der Waals surface area contributed by atoms with Crippen molar-refractivity contribution in [2.24, 2.45) is 0 Å². The van der Waals surface area contributed by atoms with Crippen molar-refractivity contribution in [2.45, 2.75) is 36.6 Å². The van der Waals surface area contributed by atoms with Crippen LogP contribution in [0.2, 0.25) is 0 Å².